The summed E-state index contributed by atoms with van der Waals surface area (Å²) in [5.41, 5.74) is 1.04. The molecule has 1 saturated heterocycles. The second-order valence-electron chi connectivity index (χ2n) is 6.01. The highest BCUT2D eigenvalue weighted by molar-refractivity contribution is 7.22. The van der Waals surface area contributed by atoms with Crippen LogP contribution in [-0.4, -0.2) is 62.2 Å². The molecule has 3 heterocycles. The molecule has 25 heavy (non-hydrogen) atoms. The molecule has 0 unspecified atom stereocenters. The predicted octanol–water partition coefficient (Wildman–Crippen LogP) is 1.41. The van der Waals surface area contributed by atoms with Crippen molar-refractivity contribution in [1.29, 1.82) is 0 Å². The summed E-state index contributed by atoms with van der Waals surface area (Å²) in [6.45, 7) is 3.77. The standard InChI is InChI=1S/C16H19N7OS/c24-15(6-9-23-12-17-19-20-23)21-7-3-8-22(11-10-21)16-18-13-4-1-2-5-14(13)25-16/h1-2,4-5,12H,3,6-11H2. The molecule has 1 aliphatic heterocycles. The minimum atomic E-state index is 0.154. The molecular weight excluding hydrogens is 338 g/mol. The van der Waals surface area contributed by atoms with E-state index in [2.05, 4.69) is 26.5 Å². The van der Waals surface area contributed by atoms with E-state index in [4.69, 9.17) is 4.98 Å². The molecule has 1 aromatic carbocycles. The van der Waals surface area contributed by atoms with Crippen LogP contribution in [0.5, 0.6) is 0 Å². The van der Waals surface area contributed by atoms with E-state index in [1.807, 2.05) is 23.1 Å². The van der Waals surface area contributed by atoms with Crippen LogP contribution in [-0.2, 0) is 11.3 Å². The number of fused-ring (bicyclic) bond motifs is 1. The van der Waals surface area contributed by atoms with E-state index in [9.17, 15) is 4.79 Å². The molecule has 0 N–H and O–H groups in total. The van der Waals surface area contributed by atoms with Crippen LogP contribution in [0.25, 0.3) is 10.2 Å². The van der Waals surface area contributed by atoms with Gasteiger partial charge in [0.05, 0.1) is 16.8 Å². The maximum absolute atomic E-state index is 12.4. The Morgan fingerprint density at radius 2 is 2.08 bits per heavy atom. The molecule has 0 aliphatic carbocycles. The number of anilines is 1. The number of benzene rings is 1. The highest BCUT2D eigenvalue weighted by atomic mass is 32.1. The van der Waals surface area contributed by atoms with Gasteiger partial charge >= 0.3 is 0 Å². The highest BCUT2D eigenvalue weighted by Crippen LogP contribution is 2.29. The van der Waals surface area contributed by atoms with E-state index >= 15 is 0 Å². The third-order valence-electron chi connectivity index (χ3n) is 4.35. The maximum Gasteiger partial charge on any atom is 0.224 e. The third kappa shape index (κ3) is 3.60. The van der Waals surface area contributed by atoms with Crippen LogP contribution < -0.4 is 4.90 Å². The first-order chi connectivity index (χ1) is 12.3. The van der Waals surface area contributed by atoms with Gasteiger partial charge in [-0.25, -0.2) is 9.67 Å². The molecule has 0 atom stereocenters. The molecule has 4 rings (SSSR count). The lowest BCUT2D eigenvalue weighted by molar-refractivity contribution is -0.131. The zero-order valence-corrected chi connectivity index (χ0v) is 14.6. The Balaban J connectivity index is 1.37. The number of amides is 1. The van der Waals surface area contributed by atoms with Crippen LogP contribution in [0, 0.1) is 0 Å². The summed E-state index contributed by atoms with van der Waals surface area (Å²) in [6.07, 6.45) is 2.91. The fourth-order valence-corrected chi connectivity index (χ4v) is 4.02. The number of rotatable bonds is 4. The summed E-state index contributed by atoms with van der Waals surface area (Å²) in [4.78, 5) is 21.4. The third-order valence-corrected chi connectivity index (χ3v) is 5.45. The number of hydrogen-bond donors (Lipinski definition) is 0. The van der Waals surface area contributed by atoms with Crippen LogP contribution in [0.2, 0.25) is 0 Å². The van der Waals surface area contributed by atoms with Gasteiger partial charge in [0.2, 0.25) is 5.91 Å². The van der Waals surface area contributed by atoms with E-state index in [1.54, 1.807) is 16.0 Å². The molecule has 1 amide bonds. The number of thiazole rings is 1. The Morgan fingerprint density at radius 1 is 1.16 bits per heavy atom. The summed E-state index contributed by atoms with van der Waals surface area (Å²) in [5.74, 6) is 0.154. The van der Waals surface area contributed by atoms with Gasteiger partial charge in [0.25, 0.3) is 0 Å². The van der Waals surface area contributed by atoms with E-state index < -0.39 is 0 Å². The monoisotopic (exact) mass is 357 g/mol. The number of hydrogen-bond acceptors (Lipinski definition) is 7. The van der Waals surface area contributed by atoms with E-state index in [-0.39, 0.29) is 5.91 Å². The number of aromatic nitrogens is 5. The fraction of sp³-hybridized carbons (Fsp3) is 0.438. The molecule has 0 radical (unpaired) electrons. The number of aryl methyl sites for hydroxylation is 1. The van der Waals surface area contributed by atoms with Gasteiger partial charge in [0.1, 0.15) is 6.33 Å². The van der Waals surface area contributed by atoms with Gasteiger partial charge in [0.15, 0.2) is 5.13 Å². The largest absolute Gasteiger partial charge is 0.346 e. The number of nitrogens with zero attached hydrogens (tertiary/aromatic N) is 7. The molecule has 3 aromatic rings. The van der Waals surface area contributed by atoms with E-state index in [0.717, 1.165) is 43.2 Å². The number of carbonyl (C=O) groups is 1. The lowest BCUT2D eigenvalue weighted by Crippen LogP contribution is -2.35. The second-order valence-corrected chi connectivity index (χ2v) is 7.02. The first-order valence-electron chi connectivity index (χ1n) is 8.39. The zero-order valence-electron chi connectivity index (χ0n) is 13.8. The highest BCUT2D eigenvalue weighted by Gasteiger charge is 2.21. The first-order valence-corrected chi connectivity index (χ1v) is 9.20. The van der Waals surface area contributed by atoms with Crippen LogP contribution in [0.3, 0.4) is 0 Å². The lowest BCUT2D eigenvalue weighted by atomic mass is 10.3. The van der Waals surface area contributed by atoms with Crippen molar-refractivity contribution in [1.82, 2.24) is 30.1 Å². The minimum absolute atomic E-state index is 0.154. The Morgan fingerprint density at radius 3 is 2.92 bits per heavy atom. The van der Waals surface area contributed by atoms with Crippen molar-refractivity contribution in [2.45, 2.75) is 19.4 Å². The predicted molar refractivity (Wildman–Crippen MR) is 95.5 cm³/mol. The fourth-order valence-electron chi connectivity index (χ4n) is 3.00. The Kier molecular flexibility index (Phi) is 4.55. The van der Waals surface area contributed by atoms with Crippen molar-refractivity contribution in [2.24, 2.45) is 0 Å². The summed E-state index contributed by atoms with van der Waals surface area (Å²) in [5, 5.41) is 12.0. The van der Waals surface area contributed by atoms with Crippen LogP contribution in [0.4, 0.5) is 5.13 Å². The maximum atomic E-state index is 12.4. The summed E-state index contributed by atoms with van der Waals surface area (Å²) in [6, 6.07) is 8.20. The topological polar surface area (TPSA) is 80.0 Å². The van der Waals surface area contributed by atoms with Crippen molar-refractivity contribution >= 4 is 32.6 Å². The number of tetrazole rings is 1. The van der Waals surface area contributed by atoms with Gasteiger partial charge in [-0.05, 0) is 29.0 Å². The van der Waals surface area contributed by atoms with Gasteiger partial charge < -0.3 is 9.80 Å². The van der Waals surface area contributed by atoms with Crippen molar-refractivity contribution in [2.75, 3.05) is 31.1 Å². The Bertz CT molecular complexity index is 814. The van der Waals surface area contributed by atoms with Crippen LogP contribution >= 0.6 is 11.3 Å². The normalized spacial score (nSPS) is 15.5. The summed E-state index contributed by atoms with van der Waals surface area (Å²) in [7, 11) is 0. The minimum Gasteiger partial charge on any atom is -0.346 e. The average Bonchev–Trinajstić information content (AvgIpc) is 3.23. The van der Waals surface area contributed by atoms with Crippen molar-refractivity contribution < 1.29 is 4.79 Å². The van der Waals surface area contributed by atoms with Crippen LogP contribution in [0.1, 0.15) is 12.8 Å². The molecule has 0 saturated carbocycles. The summed E-state index contributed by atoms with van der Waals surface area (Å²) >= 11 is 1.72. The van der Waals surface area contributed by atoms with Crippen molar-refractivity contribution in [3.8, 4) is 0 Å². The molecule has 8 nitrogen and oxygen atoms in total. The second kappa shape index (κ2) is 7.14. The van der Waals surface area contributed by atoms with Gasteiger partial charge in [-0.1, -0.05) is 23.5 Å². The average molecular weight is 357 g/mol. The SMILES string of the molecule is O=C(CCn1cnnn1)N1CCCN(c2nc3ccccc3s2)CC1. The molecule has 130 valence electrons. The first kappa shape index (κ1) is 15.9. The summed E-state index contributed by atoms with van der Waals surface area (Å²) < 4.78 is 2.79. The Labute approximate surface area is 149 Å². The molecular formula is C16H19N7OS. The van der Waals surface area contributed by atoms with E-state index in [1.165, 1.54) is 11.0 Å². The molecule has 0 bridgehead atoms. The lowest BCUT2D eigenvalue weighted by Gasteiger charge is -2.21. The molecule has 2 aromatic heterocycles. The van der Waals surface area contributed by atoms with Gasteiger partial charge in [-0.15, -0.1) is 5.10 Å². The number of para-hydroxylation sites is 1. The zero-order chi connectivity index (χ0) is 17.1. The molecule has 9 heteroatoms. The Hall–Kier alpha value is -2.55. The quantitative estimate of drug-likeness (QED) is 0.702. The van der Waals surface area contributed by atoms with Crippen molar-refractivity contribution in [3.05, 3.63) is 30.6 Å². The smallest absolute Gasteiger partial charge is 0.224 e. The molecule has 1 fully saturated rings. The van der Waals surface area contributed by atoms with Crippen LogP contribution in [0.15, 0.2) is 30.6 Å². The molecule has 0 spiro atoms. The van der Waals surface area contributed by atoms with E-state index in [0.29, 0.717) is 13.0 Å². The van der Waals surface area contributed by atoms with Crippen molar-refractivity contribution in [3.63, 3.8) is 0 Å². The van der Waals surface area contributed by atoms with Gasteiger partial charge in [-0.3, -0.25) is 4.79 Å². The van der Waals surface area contributed by atoms with Gasteiger partial charge in [0, 0.05) is 32.6 Å². The molecule has 1 aliphatic rings. The van der Waals surface area contributed by atoms with Gasteiger partial charge in [-0.2, -0.15) is 0 Å². The number of carbonyl (C=O) groups excluding carboxylic acids is 1.